The van der Waals surface area contributed by atoms with Gasteiger partial charge in [-0.25, -0.2) is 9.59 Å². The van der Waals surface area contributed by atoms with Crippen LogP contribution in [-0.4, -0.2) is 23.1 Å². The normalized spacial score (nSPS) is 16.5. The molecule has 0 saturated heterocycles. The van der Waals surface area contributed by atoms with Crippen LogP contribution in [-0.2, 0) is 0 Å². The fourth-order valence-electron chi connectivity index (χ4n) is 2.88. The highest BCUT2D eigenvalue weighted by Gasteiger charge is 2.23. The van der Waals surface area contributed by atoms with Crippen LogP contribution in [0, 0.1) is 12.8 Å². The standard InChI is InChI=1S/C16H22N2O3/c1-10-7-8-14(13(9-10)15(19)20)18-16(21)17-11(2)12-5-3-4-6-12/h7-9,11-12H,3-6H2,1-2H3,(H,19,20)(H2,17,18,21). The van der Waals surface area contributed by atoms with E-state index in [0.29, 0.717) is 11.6 Å². The lowest BCUT2D eigenvalue weighted by Crippen LogP contribution is -2.40. The van der Waals surface area contributed by atoms with Crippen LogP contribution >= 0.6 is 0 Å². The van der Waals surface area contributed by atoms with Crippen molar-refractivity contribution >= 4 is 17.7 Å². The van der Waals surface area contributed by atoms with Crippen molar-refractivity contribution in [2.45, 2.75) is 45.6 Å². The van der Waals surface area contributed by atoms with Crippen LogP contribution in [0.4, 0.5) is 10.5 Å². The minimum atomic E-state index is -1.04. The predicted octanol–water partition coefficient (Wildman–Crippen LogP) is 3.39. The third-order valence-corrected chi connectivity index (χ3v) is 4.12. The molecule has 0 aromatic heterocycles. The minimum Gasteiger partial charge on any atom is -0.478 e. The number of benzene rings is 1. The van der Waals surface area contributed by atoms with Crippen LogP contribution in [0.2, 0.25) is 0 Å². The summed E-state index contributed by atoms with van der Waals surface area (Å²) in [4.78, 5) is 23.2. The topological polar surface area (TPSA) is 78.4 Å². The second-order valence-corrected chi connectivity index (χ2v) is 5.79. The molecule has 1 aromatic rings. The minimum absolute atomic E-state index is 0.103. The maximum atomic E-state index is 12.0. The fourth-order valence-corrected chi connectivity index (χ4v) is 2.88. The molecule has 5 heteroatoms. The predicted molar refractivity (Wildman–Crippen MR) is 81.7 cm³/mol. The fraction of sp³-hybridized carbons (Fsp3) is 0.500. The number of anilines is 1. The Bertz CT molecular complexity index is 536. The number of amides is 2. The maximum Gasteiger partial charge on any atom is 0.337 e. The highest BCUT2D eigenvalue weighted by molar-refractivity contribution is 6.00. The number of hydrogen-bond donors (Lipinski definition) is 3. The molecule has 0 radical (unpaired) electrons. The van der Waals surface area contributed by atoms with Gasteiger partial charge in [0.1, 0.15) is 0 Å². The number of carbonyl (C=O) groups excluding carboxylic acids is 1. The molecule has 0 bridgehead atoms. The zero-order valence-corrected chi connectivity index (χ0v) is 12.5. The van der Waals surface area contributed by atoms with Crippen molar-refractivity contribution in [3.8, 4) is 0 Å². The molecule has 114 valence electrons. The van der Waals surface area contributed by atoms with Gasteiger partial charge in [-0.1, -0.05) is 24.5 Å². The second-order valence-electron chi connectivity index (χ2n) is 5.79. The third-order valence-electron chi connectivity index (χ3n) is 4.12. The van der Waals surface area contributed by atoms with Gasteiger partial charge in [0, 0.05) is 6.04 Å². The van der Waals surface area contributed by atoms with Crippen LogP contribution in [0.25, 0.3) is 0 Å². The quantitative estimate of drug-likeness (QED) is 0.795. The zero-order valence-electron chi connectivity index (χ0n) is 12.5. The summed E-state index contributed by atoms with van der Waals surface area (Å²) in [5, 5.41) is 14.7. The van der Waals surface area contributed by atoms with E-state index in [1.165, 1.54) is 12.8 Å². The van der Waals surface area contributed by atoms with Gasteiger partial charge in [-0.2, -0.15) is 0 Å². The van der Waals surface area contributed by atoms with Gasteiger partial charge in [-0.05, 0) is 44.7 Å². The van der Waals surface area contributed by atoms with Crippen LogP contribution in [0.1, 0.15) is 48.5 Å². The Kier molecular flexibility index (Phi) is 4.83. The van der Waals surface area contributed by atoms with Crippen molar-refractivity contribution in [1.29, 1.82) is 0 Å². The molecular weight excluding hydrogens is 268 g/mol. The number of carboxylic acids is 1. The summed E-state index contributed by atoms with van der Waals surface area (Å²) in [6.07, 6.45) is 4.73. The first-order chi connectivity index (χ1) is 9.97. The van der Waals surface area contributed by atoms with Crippen LogP contribution in [0.15, 0.2) is 18.2 Å². The number of aromatic carboxylic acids is 1. The van der Waals surface area contributed by atoms with Crippen LogP contribution < -0.4 is 10.6 Å². The smallest absolute Gasteiger partial charge is 0.337 e. The number of aryl methyl sites for hydroxylation is 1. The van der Waals surface area contributed by atoms with Gasteiger partial charge < -0.3 is 15.7 Å². The Labute approximate surface area is 124 Å². The maximum absolute atomic E-state index is 12.0. The van der Waals surface area contributed by atoms with Crippen molar-refractivity contribution in [1.82, 2.24) is 5.32 Å². The SMILES string of the molecule is Cc1ccc(NC(=O)NC(C)C2CCCC2)c(C(=O)O)c1. The van der Waals surface area contributed by atoms with Crippen LogP contribution in [0.5, 0.6) is 0 Å². The molecule has 3 N–H and O–H groups in total. The lowest BCUT2D eigenvalue weighted by atomic mass is 10.0. The van der Waals surface area contributed by atoms with E-state index in [1.807, 2.05) is 13.8 Å². The molecule has 2 rings (SSSR count). The molecule has 1 saturated carbocycles. The lowest BCUT2D eigenvalue weighted by Gasteiger charge is -2.21. The van der Waals surface area contributed by atoms with Gasteiger partial charge in [0.15, 0.2) is 0 Å². The van der Waals surface area contributed by atoms with Crippen molar-refractivity contribution < 1.29 is 14.7 Å². The number of carboxylic acid groups (broad SMARTS) is 1. The first-order valence-corrected chi connectivity index (χ1v) is 7.39. The lowest BCUT2D eigenvalue weighted by molar-refractivity contribution is 0.0698. The molecule has 2 amide bonds. The first-order valence-electron chi connectivity index (χ1n) is 7.39. The molecular formula is C16H22N2O3. The van der Waals surface area contributed by atoms with Gasteiger partial charge in [0.05, 0.1) is 11.3 Å². The summed E-state index contributed by atoms with van der Waals surface area (Å²) < 4.78 is 0. The van der Waals surface area contributed by atoms with Crippen LogP contribution in [0.3, 0.4) is 0 Å². The van der Waals surface area contributed by atoms with Gasteiger partial charge in [0.25, 0.3) is 0 Å². The van der Waals surface area contributed by atoms with E-state index in [-0.39, 0.29) is 17.6 Å². The van der Waals surface area contributed by atoms with E-state index < -0.39 is 5.97 Å². The van der Waals surface area contributed by atoms with E-state index in [1.54, 1.807) is 18.2 Å². The Hall–Kier alpha value is -2.04. The Morgan fingerprint density at radius 2 is 1.95 bits per heavy atom. The molecule has 1 unspecified atom stereocenters. The number of hydrogen-bond acceptors (Lipinski definition) is 2. The van der Waals surface area contributed by atoms with Gasteiger partial charge in [0.2, 0.25) is 0 Å². The zero-order chi connectivity index (χ0) is 15.4. The van der Waals surface area contributed by atoms with E-state index in [9.17, 15) is 14.7 Å². The largest absolute Gasteiger partial charge is 0.478 e. The molecule has 1 aliphatic carbocycles. The summed E-state index contributed by atoms with van der Waals surface area (Å²) >= 11 is 0. The molecule has 1 aromatic carbocycles. The first kappa shape index (κ1) is 15.4. The molecule has 1 fully saturated rings. The van der Waals surface area contributed by atoms with E-state index in [2.05, 4.69) is 10.6 Å². The number of urea groups is 1. The number of rotatable bonds is 4. The third kappa shape index (κ3) is 3.97. The highest BCUT2D eigenvalue weighted by atomic mass is 16.4. The summed E-state index contributed by atoms with van der Waals surface area (Å²) in [6.45, 7) is 3.82. The molecule has 0 spiro atoms. The molecule has 1 atom stereocenters. The van der Waals surface area contributed by atoms with Gasteiger partial charge >= 0.3 is 12.0 Å². The molecule has 1 aliphatic rings. The number of carbonyl (C=O) groups is 2. The average Bonchev–Trinajstić information content (AvgIpc) is 2.94. The Morgan fingerprint density at radius 3 is 2.57 bits per heavy atom. The second kappa shape index (κ2) is 6.61. The van der Waals surface area contributed by atoms with Crippen molar-refractivity contribution in [3.05, 3.63) is 29.3 Å². The van der Waals surface area contributed by atoms with E-state index in [4.69, 9.17) is 0 Å². The Balaban J connectivity index is 2.00. The van der Waals surface area contributed by atoms with Crippen molar-refractivity contribution in [3.63, 3.8) is 0 Å². The molecule has 0 heterocycles. The van der Waals surface area contributed by atoms with Gasteiger partial charge in [-0.15, -0.1) is 0 Å². The monoisotopic (exact) mass is 290 g/mol. The van der Waals surface area contributed by atoms with Crippen molar-refractivity contribution in [2.75, 3.05) is 5.32 Å². The van der Waals surface area contributed by atoms with Crippen molar-refractivity contribution in [2.24, 2.45) is 5.92 Å². The van der Waals surface area contributed by atoms with E-state index in [0.717, 1.165) is 18.4 Å². The summed E-state index contributed by atoms with van der Waals surface area (Å²) in [7, 11) is 0. The molecule has 0 aliphatic heterocycles. The van der Waals surface area contributed by atoms with E-state index >= 15 is 0 Å². The Morgan fingerprint density at radius 1 is 1.29 bits per heavy atom. The molecule has 5 nitrogen and oxygen atoms in total. The number of nitrogens with one attached hydrogen (secondary N) is 2. The summed E-state index contributed by atoms with van der Waals surface area (Å²) in [5.74, 6) is -0.523. The summed E-state index contributed by atoms with van der Waals surface area (Å²) in [6, 6.07) is 4.71. The average molecular weight is 290 g/mol. The highest BCUT2D eigenvalue weighted by Crippen LogP contribution is 2.27. The molecule has 21 heavy (non-hydrogen) atoms. The summed E-state index contributed by atoms with van der Waals surface area (Å²) in [5.41, 5.74) is 1.28. The van der Waals surface area contributed by atoms with Gasteiger partial charge in [-0.3, -0.25) is 0 Å².